The molecule has 0 aromatic carbocycles. The molecular weight excluding hydrogens is 86.1 g/mol. The zero-order chi connectivity index (χ0) is 5.54. The summed E-state index contributed by atoms with van der Waals surface area (Å²) in [7, 11) is 0. The third-order valence-electron chi connectivity index (χ3n) is 0.469. The van der Waals surface area contributed by atoms with Gasteiger partial charge < -0.3 is 0 Å². The first-order valence-electron chi connectivity index (χ1n) is 2.24. The first-order chi connectivity index (χ1) is 3.41. The summed E-state index contributed by atoms with van der Waals surface area (Å²) in [6.45, 7) is 1.96. The summed E-state index contributed by atoms with van der Waals surface area (Å²) in [5, 5.41) is 7.94. The molecule has 0 aromatic heterocycles. The Morgan fingerprint density at radius 2 is 2.14 bits per heavy atom. The molecule has 0 spiro atoms. The van der Waals surface area contributed by atoms with Crippen molar-refractivity contribution in [3.8, 4) is 17.9 Å². The van der Waals surface area contributed by atoms with Gasteiger partial charge in [-0.2, -0.15) is 5.26 Å². The lowest BCUT2D eigenvalue weighted by molar-refractivity contribution is 1.27. The Balaban J connectivity index is 3.12. The first kappa shape index (κ1) is 6.05. The highest BCUT2D eigenvalue weighted by Gasteiger charge is 1.63. The monoisotopic (exact) mass is 93.1 g/mol. The van der Waals surface area contributed by atoms with Gasteiger partial charge in [0.05, 0.1) is 12.5 Å². The molecule has 0 heterocycles. The molecule has 7 heavy (non-hydrogen) atoms. The minimum Gasteiger partial charge on any atom is -0.197 e. The number of hydrogen-bond donors (Lipinski definition) is 0. The van der Waals surface area contributed by atoms with E-state index in [1.807, 2.05) is 13.0 Å². The Morgan fingerprint density at radius 1 is 1.43 bits per heavy atom. The van der Waals surface area contributed by atoms with Gasteiger partial charge in [0, 0.05) is 6.42 Å². The van der Waals surface area contributed by atoms with Crippen LogP contribution in [0.3, 0.4) is 0 Å². The van der Waals surface area contributed by atoms with Gasteiger partial charge in [-0.05, 0) is 0 Å². The predicted molar refractivity (Wildman–Crippen MR) is 28.3 cm³/mol. The summed E-state index contributed by atoms with van der Waals surface area (Å²) in [5.74, 6) is 5.45. The molecule has 0 saturated carbocycles. The van der Waals surface area contributed by atoms with Crippen LogP contribution in [-0.4, -0.2) is 0 Å². The van der Waals surface area contributed by atoms with Crippen LogP contribution in [0.1, 0.15) is 19.8 Å². The van der Waals surface area contributed by atoms with E-state index >= 15 is 0 Å². The van der Waals surface area contributed by atoms with Crippen molar-refractivity contribution < 1.29 is 0 Å². The summed E-state index contributed by atoms with van der Waals surface area (Å²) in [5.41, 5.74) is 0. The van der Waals surface area contributed by atoms with Crippen molar-refractivity contribution >= 4 is 0 Å². The molecular formula is C6H7N. The first-order valence-corrected chi connectivity index (χ1v) is 2.24. The molecule has 0 bridgehead atoms. The Labute approximate surface area is 44.0 Å². The summed E-state index contributed by atoms with van der Waals surface area (Å²) < 4.78 is 0. The molecule has 0 atom stereocenters. The van der Waals surface area contributed by atoms with Gasteiger partial charge in [-0.3, -0.25) is 0 Å². The predicted octanol–water partition coefficient (Wildman–Crippen LogP) is 1.31. The van der Waals surface area contributed by atoms with E-state index in [0.717, 1.165) is 6.42 Å². The number of hydrogen-bond acceptors (Lipinski definition) is 1. The van der Waals surface area contributed by atoms with Crippen LogP contribution >= 0.6 is 0 Å². The largest absolute Gasteiger partial charge is 0.197 e. The van der Waals surface area contributed by atoms with Crippen molar-refractivity contribution in [2.24, 2.45) is 0 Å². The van der Waals surface area contributed by atoms with Gasteiger partial charge in [-0.25, -0.2) is 0 Å². The minimum atomic E-state index is 0.369. The Kier molecular flexibility index (Phi) is 4.36. The molecule has 0 amide bonds. The highest BCUT2D eigenvalue weighted by atomic mass is 14.2. The summed E-state index contributed by atoms with van der Waals surface area (Å²) in [6, 6.07) is 1.93. The minimum absolute atomic E-state index is 0.369. The van der Waals surface area contributed by atoms with E-state index in [-0.39, 0.29) is 0 Å². The molecule has 0 radical (unpaired) electrons. The number of nitrogens with zero attached hydrogens (tertiary/aromatic N) is 1. The molecule has 36 valence electrons. The van der Waals surface area contributed by atoms with Gasteiger partial charge in [0.2, 0.25) is 0 Å². The highest BCUT2D eigenvalue weighted by Crippen LogP contribution is 1.70. The molecule has 0 fully saturated rings. The maximum absolute atomic E-state index is 7.94. The fraction of sp³-hybridized carbons (Fsp3) is 0.500. The normalized spacial score (nSPS) is 5.71. The van der Waals surface area contributed by atoms with Crippen LogP contribution in [0.2, 0.25) is 0 Å². The fourth-order valence-electron chi connectivity index (χ4n) is 0.227. The summed E-state index contributed by atoms with van der Waals surface area (Å²) in [4.78, 5) is 0. The second kappa shape index (κ2) is 5.05. The molecule has 0 aromatic rings. The second-order valence-electron chi connectivity index (χ2n) is 1.04. The molecule has 0 unspecified atom stereocenters. The quantitative estimate of drug-likeness (QED) is 0.414. The van der Waals surface area contributed by atoms with E-state index in [4.69, 9.17) is 5.26 Å². The summed E-state index contributed by atoms with van der Waals surface area (Å²) in [6.07, 6.45) is 1.22. The zero-order valence-electron chi connectivity index (χ0n) is 4.36. The lowest BCUT2D eigenvalue weighted by Gasteiger charge is -1.64. The smallest absolute Gasteiger partial charge is 0.0962 e. The molecule has 1 heteroatoms. The third-order valence-corrected chi connectivity index (χ3v) is 0.469. The van der Waals surface area contributed by atoms with Gasteiger partial charge in [-0.15, -0.1) is 5.92 Å². The Bertz CT molecular complexity index is 119. The van der Waals surface area contributed by atoms with E-state index in [1.54, 1.807) is 0 Å². The van der Waals surface area contributed by atoms with Gasteiger partial charge in [0.25, 0.3) is 0 Å². The van der Waals surface area contributed by atoms with Gasteiger partial charge in [0.15, 0.2) is 0 Å². The fourth-order valence-corrected chi connectivity index (χ4v) is 0.227. The molecule has 0 N–H and O–H groups in total. The standard InChI is InChI=1S/C6H7N/c1-2-3-4-5-6-7/h2,5H2,1H3. The second-order valence-corrected chi connectivity index (χ2v) is 1.04. The third kappa shape index (κ3) is 5.05. The van der Waals surface area contributed by atoms with Crippen LogP contribution in [0.5, 0.6) is 0 Å². The van der Waals surface area contributed by atoms with Gasteiger partial charge in [0.1, 0.15) is 0 Å². The average Bonchev–Trinajstić information content (AvgIpc) is 1.69. The van der Waals surface area contributed by atoms with Crippen molar-refractivity contribution in [2.45, 2.75) is 19.8 Å². The summed E-state index contributed by atoms with van der Waals surface area (Å²) >= 11 is 0. The molecule has 0 aliphatic heterocycles. The highest BCUT2D eigenvalue weighted by molar-refractivity contribution is 5.03. The molecule has 1 nitrogen and oxygen atoms in total. The van der Waals surface area contributed by atoms with Crippen LogP contribution in [0.4, 0.5) is 0 Å². The van der Waals surface area contributed by atoms with Crippen LogP contribution < -0.4 is 0 Å². The topological polar surface area (TPSA) is 23.8 Å². The van der Waals surface area contributed by atoms with Gasteiger partial charge >= 0.3 is 0 Å². The Morgan fingerprint density at radius 3 is 2.57 bits per heavy atom. The van der Waals surface area contributed by atoms with Crippen LogP contribution in [0, 0.1) is 23.2 Å². The zero-order valence-corrected chi connectivity index (χ0v) is 4.36. The molecule has 0 aliphatic rings. The number of rotatable bonds is 0. The van der Waals surface area contributed by atoms with E-state index in [9.17, 15) is 0 Å². The van der Waals surface area contributed by atoms with Crippen molar-refractivity contribution in [3.05, 3.63) is 0 Å². The SMILES string of the molecule is CCC#CCC#N. The Hall–Kier alpha value is -0.950. The van der Waals surface area contributed by atoms with Crippen LogP contribution in [0.25, 0.3) is 0 Å². The lowest BCUT2D eigenvalue weighted by atomic mass is 10.4. The van der Waals surface area contributed by atoms with E-state index in [1.165, 1.54) is 0 Å². The van der Waals surface area contributed by atoms with Crippen molar-refractivity contribution in [2.75, 3.05) is 0 Å². The van der Waals surface area contributed by atoms with Crippen molar-refractivity contribution in [1.29, 1.82) is 5.26 Å². The van der Waals surface area contributed by atoms with Crippen molar-refractivity contribution in [3.63, 3.8) is 0 Å². The van der Waals surface area contributed by atoms with Gasteiger partial charge in [-0.1, -0.05) is 12.8 Å². The average molecular weight is 93.1 g/mol. The van der Waals surface area contributed by atoms with Crippen molar-refractivity contribution in [1.82, 2.24) is 0 Å². The molecule has 0 aliphatic carbocycles. The van der Waals surface area contributed by atoms with E-state index in [2.05, 4.69) is 11.8 Å². The molecule has 0 saturated heterocycles. The lowest BCUT2D eigenvalue weighted by Crippen LogP contribution is -1.55. The van der Waals surface area contributed by atoms with E-state index < -0.39 is 0 Å². The van der Waals surface area contributed by atoms with Crippen LogP contribution in [-0.2, 0) is 0 Å². The van der Waals surface area contributed by atoms with E-state index in [0.29, 0.717) is 6.42 Å². The maximum atomic E-state index is 7.94. The van der Waals surface area contributed by atoms with Crippen LogP contribution in [0.15, 0.2) is 0 Å². The maximum Gasteiger partial charge on any atom is 0.0962 e. The number of nitriles is 1. The molecule has 0 rings (SSSR count).